The third-order valence-electron chi connectivity index (χ3n) is 7.94. The molecule has 45 heavy (non-hydrogen) atoms. The van der Waals surface area contributed by atoms with Gasteiger partial charge >= 0.3 is 0 Å². The van der Waals surface area contributed by atoms with Crippen LogP contribution in [-0.4, -0.2) is 11.6 Å². The van der Waals surface area contributed by atoms with Crippen molar-refractivity contribution in [2.45, 2.75) is 0 Å². The molecular weight excluding hydrogens is 605 g/mol. The second kappa shape index (κ2) is 10.7. The van der Waals surface area contributed by atoms with Crippen LogP contribution in [0.15, 0.2) is 127 Å². The van der Waals surface area contributed by atoms with Crippen molar-refractivity contribution in [3.63, 3.8) is 0 Å². The first-order valence-corrected chi connectivity index (χ1v) is 15.8. The molecule has 3 nitrogen and oxygen atoms in total. The number of anilines is 3. The number of rotatable bonds is 5. The van der Waals surface area contributed by atoms with E-state index in [1.54, 1.807) is 11.3 Å². The van der Waals surface area contributed by atoms with E-state index in [1.807, 2.05) is 42.5 Å². The molecule has 5 aromatic carbocycles. The number of benzene rings is 5. The third-order valence-corrected chi connectivity index (χ3v) is 10.1. The molecule has 2 heterocycles. The largest absolute Gasteiger partial charge is 0.311 e. The predicted molar refractivity (Wildman–Crippen MR) is 180 cm³/mol. The number of nitrogens with zero attached hydrogens (tertiary/aromatic N) is 1. The van der Waals surface area contributed by atoms with Crippen molar-refractivity contribution in [2.24, 2.45) is 0 Å². The minimum Gasteiger partial charge on any atom is -0.311 e. The molecule has 7 heteroatoms. The van der Waals surface area contributed by atoms with Gasteiger partial charge in [0.25, 0.3) is 0 Å². The molecule has 0 fully saturated rings. The Balaban J connectivity index is 1.10. The number of carbonyl (C=O) groups excluding carboxylic acids is 2. The standard InChI is InChI=1S/C38H21F2NO2S2/c39-32-20-29-30(21-33(32)40)38(43)31(37(29)42)19-28-15-23-16-36-24(18-35(23)44-28)17-34(45-36)22-11-13-27(14-12-22)41(25-7-3-1-4-8-25)26-9-5-2-6-10-26/h1-21H. The molecule has 7 aromatic rings. The zero-order valence-electron chi connectivity index (χ0n) is 23.5. The summed E-state index contributed by atoms with van der Waals surface area (Å²) in [6.07, 6.45) is 1.53. The Morgan fingerprint density at radius 1 is 0.556 bits per heavy atom. The van der Waals surface area contributed by atoms with Gasteiger partial charge in [-0.25, -0.2) is 8.78 Å². The van der Waals surface area contributed by atoms with Crippen LogP contribution >= 0.6 is 22.7 Å². The Bertz CT molecular complexity index is 2190. The molecule has 2 aromatic heterocycles. The summed E-state index contributed by atoms with van der Waals surface area (Å²) in [5.74, 6) is -3.46. The van der Waals surface area contributed by atoms with Gasteiger partial charge < -0.3 is 4.90 Å². The minimum atomic E-state index is -1.14. The maximum atomic E-state index is 13.7. The van der Waals surface area contributed by atoms with Crippen molar-refractivity contribution in [2.75, 3.05) is 4.90 Å². The number of halogens is 2. The van der Waals surface area contributed by atoms with E-state index in [0.717, 1.165) is 64.7 Å². The maximum absolute atomic E-state index is 13.7. The molecule has 0 N–H and O–H groups in total. The van der Waals surface area contributed by atoms with E-state index >= 15 is 0 Å². The quantitative estimate of drug-likeness (QED) is 0.141. The molecule has 1 aliphatic carbocycles. The van der Waals surface area contributed by atoms with E-state index in [9.17, 15) is 18.4 Å². The number of allylic oxidation sites excluding steroid dienone is 1. The minimum absolute atomic E-state index is 0.0767. The van der Waals surface area contributed by atoms with Crippen LogP contribution in [0.4, 0.5) is 25.8 Å². The van der Waals surface area contributed by atoms with E-state index in [2.05, 4.69) is 71.6 Å². The molecule has 1 aliphatic rings. The summed E-state index contributed by atoms with van der Waals surface area (Å²) in [5, 5.41) is 2.10. The summed E-state index contributed by atoms with van der Waals surface area (Å²) in [4.78, 5) is 29.8. The smallest absolute Gasteiger partial charge is 0.197 e. The number of carbonyl (C=O) groups is 2. The van der Waals surface area contributed by atoms with Crippen LogP contribution in [-0.2, 0) is 0 Å². The molecule has 0 amide bonds. The zero-order chi connectivity index (χ0) is 30.7. The molecule has 0 aliphatic heterocycles. The fraction of sp³-hybridized carbons (Fsp3) is 0. The number of thiophene rings is 2. The number of para-hydroxylation sites is 2. The number of hydrogen-bond donors (Lipinski definition) is 0. The van der Waals surface area contributed by atoms with Gasteiger partial charge in [0.2, 0.25) is 0 Å². The number of hydrogen-bond acceptors (Lipinski definition) is 5. The highest BCUT2D eigenvalue weighted by Gasteiger charge is 2.34. The maximum Gasteiger partial charge on any atom is 0.197 e. The highest BCUT2D eigenvalue weighted by molar-refractivity contribution is 7.23. The van der Waals surface area contributed by atoms with Crippen LogP contribution in [0.5, 0.6) is 0 Å². The summed E-state index contributed by atoms with van der Waals surface area (Å²) in [5.41, 5.74) is 4.09. The SMILES string of the molecule is O=C1C(=Cc2cc3cc4sc(-c5ccc(N(c6ccccc6)c6ccccc6)cc5)cc4cc3s2)C(=O)c2cc(F)c(F)cc21. The topological polar surface area (TPSA) is 37.4 Å². The summed E-state index contributed by atoms with van der Waals surface area (Å²) < 4.78 is 29.6. The Labute approximate surface area is 264 Å². The molecule has 0 saturated carbocycles. The van der Waals surface area contributed by atoms with Gasteiger partial charge in [-0.1, -0.05) is 48.5 Å². The van der Waals surface area contributed by atoms with Gasteiger partial charge in [0, 0.05) is 47.3 Å². The first-order chi connectivity index (χ1) is 21.9. The van der Waals surface area contributed by atoms with Crippen LogP contribution in [0.1, 0.15) is 25.6 Å². The Hall–Kier alpha value is -5.24. The summed E-state index contributed by atoms with van der Waals surface area (Å²) in [7, 11) is 0. The molecule has 0 spiro atoms. The predicted octanol–water partition coefficient (Wildman–Crippen LogP) is 11.0. The lowest BCUT2D eigenvalue weighted by atomic mass is 10.1. The van der Waals surface area contributed by atoms with E-state index in [0.29, 0.717) is 0 Å². The highest BCUT2D eigenvalue weighted by Crippen LogP contribution is 2.41. The normalized spacial score (nSPS) is 12.7. The third kappa shape index (κ3) is 4.77. The van der Waals surface area contributed by atoms with Crippen molar-refractivity contribution < 1.29 is 18.4 Å². The van der Waals surface area contributed by atoms with Crippen LogP contribution in [0, 0.1) is 11.6 Å². The van der Waals surface area contributed by atoms with E-state index in [4.69, 9.17) is 0 Å². The lowest BCUT2D eigenvalue weighted by Gasteiger charge is -2.25. The van der Waals surface area contributed by atoms with Crippen LogP contribution in [0.3, 0.4) is 0 Å². The first-order valence-electron chi connectivity index (χ1n) is 14.2. The molecular formula is C38H21F2NO2S2. The second-order valence-electron chi connectivity index (χ2n) is 10.8. The monoisotopic (exact) mass is 625 g/mol. The van der Waals surface area contributed by atoms with Crippen LogP contribution < -0.4 is 4.90 Å². The van der Waals surface area contributed by atoms with Crippen molar-refractivity contribution in [3.8, 4) is 10.4 Å². The van der Waals surface area contributed by atoms with Gasteiger partial charge in [-0.3, -0.25) is 9.59 Å². The molecule has 0 saturated heterocycles. The molecule has 0 atom stereocenters. The van der Waals surface area contributed by atoms with Gasteiger partial charge in [0.05, 0.1) is 5.57 Å². The van der Waals surface area contributed by atoms with Crippen molar-refractivity contribution in [3.05, 3.63) is 155 Å². The summed E-state index contributed by atoms with van der Waals surface area (Å²) >= 11 is 3.17. The van der Waals surface area contributed by atoms with Gasteiger partial charge in [-0.15, -0.1) is 22.7 Å². The fourth-order valence-electron chi connectivity index (χ4n) is 5.77. The van der Waals surface area contributed by atoms with E-state index in [1.165, 1.54) is 17.4 Å². The molecule has 216 valence electrons. The van der Waals surface area contributed by atoms with Crippen LogP contribution in [0.2, 0.25) is 0 Å². The van der Waals surface area contributed by atoms with E-state index < -0.39 is 23.2 Å². The molecule has 0 radical (unpaired) electrons. The van der Waals surface area contributed by atoms with Gasteiger partial charge in [-0.05, 0) is 95.2 Å². The van der Waals surface area contributed by atoms with Crippen molar-refractivity contribution >= 4 is 77.6 Å². The lowest BCUT2D eigenvalue weighted by Crippen LogP contribution is -2.09. The van der Waals surface area contributed by atoms with E-state index in [-0.39, 0.29) is 16.7 Å². The first kappa shape index (κ1) is 27.3. The Morgan fingerprint density at radius 3 is 1.64 bits per heavy atom. The zero-order valence-corrected chi connectivity index (χ0v) is 25.1. The molecule has 8 rings (SSSR count). The second-order valence-corrected chi connectivity index (χ2v) is 13.0. The van der Waals surface area contributed by atoms with Crippen LogP contribution in [0.25, 0.3) is 36.7 Å². The van der Waals surface area contributed by atoms with Gasteiger partial charge in [0.1, 0.15) is 0 Å². The Morgan fingerprint density at radius 2 is 1.07 bits per heavy atom. The average Bonchev–Trinajstić information content (AvgIpc) is 3.72. The highest BCUT2D eigenvalue weighted by atomic mass is 32.1. The fourth-order valence-corrected chi connectivity index (χ4v) is 7.91. The van der Waals surface area contributed by atoms with Gasteiger partial charge in [-0.2, -0.15) is 0 Å². The number of fused-ring (bicyclic) bond motifs is 3. The number of Topliss-reactive ketones (excluding diaryl/α,β-unsaturated/α-hetero) is 2. The molecule has 0 bridgehead atoms. The summed E-state index contributed by atoms with van der Waals surface area (Å²) in [6.45, 7) is 0. The molecule has 0 unspecified atom stereocenters. The van der Waals surface area contributed by atoms with Gasteiger partial charge in [0.15, 0.2) is 23.2 Å². The summed E-state index contributed by atoms with van der Waals surface area (Å²) in [6, 6.07) is 39.2. The lowest BCUT2D eigenvalue weighted by molar-refractivity contribution is 0.0990. The number of ketones is 2. The average molecular weight is 626 g/mol. The van der Waals surface area contributed by atoms with Crippen molar-refractivity contribution in [1.82, 2.24) is 0 Å². The Kier molecular flexibility index (Phi) is 6.52. The van der Waals surface area contributed by atoms with Crippen molar-refractivity contribution in [1.29, 1.82) is 0 Å².